The van der Waals surface area contributed by atoms with Gasteiger partial charge in [0, 0.05) is 43.9 Å². The van der Waals surface area contributed by atoms with E-state index in [0.717, 1.165) is 32.0 Å². The lowest BCUT2D eigenvalue weighted by atomic mass is 9.78. The van der Waals surface area contributed by atoms with E-state index in [9.17, 15) is 0 Å². The summed E-state index contributed by atoms with van der Waals surface area (Å²) >= 11 is 0. The quantitative estimate of drug-likeness (QED) is 0.838. The molecule has 0 aromatic carbocycles. The predicted octanol–water partition coefficient (Wildman–Crippen LogP) is 1.74. The van der Waals surface area contributed by atoms with Crippen LogP contribution in [-0.2, 0) is 0 Å². The van der Waals surface area contributed by atoms with Gasteiger partial charge in [-0.3, -0.25) is 4.99 Å². The summed E-state index contributed by atoms with van der Waals surface area (Å²) in [5.41, 5.74) is 5.81. The number of nitrogens with two attached hydrogens (primary N) is 1. The van der Waals surface area contributed by atoms with Gasteiger partial charge in [-0.15, -0.1) is 0 Å². The lowest BCUT2D eigenvalue weighted by Crippen LogP contribution is -2.56. The van der Waals surface area contributed by atoms with E-state index in [1.807, 2.05) is 13.1 Å². The molecule has 2 N–H and O–H groups in total. The first-order chi connectivity index (χ1) is 12.2. The van der Waals surface area contributed by atoms with Gasteiger partial charge in [-0.1, -0.05) is 5.16 Å². The second-order valence-corrected chi connectivity index (χ2v) is 7.83. The van der Waals surface area contributed by atoms with Gasteiger partial charge in [-0.25, -0.2) is 0 Å². The van der Waals surface area contributed by atoms with Crippen molar-refractivity contribution < 1.29 is 4.52 Å². The average Bonchev–Trinajstić information content (AvgIpc) is 3.21. The number of allylic oxidation sites excluding steroid dienone is 1. The van der Waals surface area contributed by atoms with Crippen molar-refractivity contribution in [1.82, 2.24) is 15.0 Å². The van der Waals surface area contributed by atoms with Crippen molar-refractivity contribution in [3.8, 4) is 0 Å². The Morgan fingerprint density at radius 3 is 2.76 bits per heavy atom. The molecule has 7 nitrogen and oxygen atoms in total. The van der Waals surface area contributed by atoms with Crippen molar-refractivity contribution in [2.45, 2.75) is 51.1 Å². The molecule has 0 amide bonds. The normalized spacial score (nSPS) is 27.7. The van der Waals surface area contributed by atoms with Crippen LogP contribution < -0.4 is 10.6 Å². The Labute approximate surface area is 149 Å². The van der Waals surface area contributed by atoms with Crippen LogP contribution in [0.5, 0.6) is 0 Å². The molecule has 1 aromatic heterocycles. The molecule has 1 aliphatic carbocycles. The fraction of sp³-hybridized carbons (Fsp3) is 0.722. The summed E-state index contributed by atoms with van der Waals surface area (Å²) < 4.78 is 5.29. The molecule has 3 heterocycles. The van der Waals surface area contributed by atoms with Crippen LogP contribution in [0.3, 0.4) is 0 Å². The minimum Gasteiger partial charge on any atom is -0.405 e. The molecule has 1 spiro atoms. The van der Waals surface area contributed by atoms with E-state index in [4.69, 9.17) is 10.3 Å². The van der Waals surface area contributed by atoms with Crippen molar-refractivity contribution in [2.24, 2.45) is 16.1 Å². The topological polar surface area (TPSA) is 83.8 Å². The van der Waals surface area contributed by atoms with Crippen molar-refractivity contribution in [1.29, 1.82) is 0 Å². The van der Waals surface area contributed by atoms with Crippen molar-refractivity contribution in [3.05, 3.63) is 18.1 Å². The standard InChI is InChI=1S/C18H28N6O/c1-14-21-17(25-22-14)24-12-18(13-24)6-3-16(11-18)23-9-4-15(5-10-23)20-8-2-7-19/h2,7-8,15-16H,3-6,9-13,19H2,1H3. The Morgan fingerprint density at radius 2 is 2.08 bits per heavy atom. The van der Waals surface area contributed by atoms with Crippen LogP contribution >= 0.6 is 0 Å². The number of piperidine rings is 1. The van der Waals surface area contributed by atoms with Gasteiger partial charge in [-0.05, 0) is 51.3 Å². The number of aliphatic imine (C=N–C) groups is 1. The van der Waals surface area contributed by atoms with Crippen LogP contribution in [-0.4, -0.2) is 59.5 Å². The Bertz CT molecular complexity index is 640. The zero-order chi connectivity index (χ0) is 17.3. The molecule has 0 radical (unpaired) electrons. The Balaban J connectivity index is 1.25. The molecule has 1 saturated carbocycles. The Morgan fingerprint density at radius 1 is 1.28 bits per heavy atom. The number of aryl methyl sites for hydroxylation is 1. The summed E-state index contributed by atoms with van der Waals surface area (Å²) in [5.74, 6) is 0.715. The van der Waals surface area contributed by atoms with E-state index < -0.39 is 0 Å². The number of nitrogens with zero attached hydrogens (tertiary/aromatic N) is 5. The first-order valence-electron chi connectivity index (χ1n) is 9.37. The number of hydrogen-bond acceptors (Lipinski definition) is 7. The monoisotopic (exact) mass is 344 g/mol. The Kier molecular flexibility index (Phi) is 4.50. The van der Waals surface area contributed by atoms with Crippen LogP contribution in [0.4, 0.5) is 6.01 Å². The second-order valence-electron chi connectivity index (χ2n) is 7.83. The smallest absolute Gasteiger partial charge is 0.324 e. The van der Waals surface area contributed by atoms with E-state index in [1.165, 1.54) is 38.6 Å². The molecule has 7 heteroatoms. The summed E-state index contributed by atoms with van der Waals surface area (Å²) in [6, 6.07) is 1.89. The molecule has 2 aliphatic heterocycles. The minimum atomic E-state index is 0.461. The van der Waals surface area contributed by atoms with E-state index in [0.29, 0.717) is 23.3 Å². The second kappa shape index (κ2) is 6.78. The van der Waals surface area contributed by atoms with E-state index in [-0.39, 0.29) is 0 Å². The van der Waals surface area contributed by atoms with Gasteiger partial charge >= 0.3 is 6.01 Å². The predicted molar refractivity (Wildman–Crippen MR) is 97.7 cm³/mol. The molecule has 1 aromatic rings. The van der Waals surface area contributed by atoms with E-state index in [2.05, 4.69) is 24.9 Å². The van der Waals surface area contributed by atoms with Gasteiger partial charge in [-0.2, -0.15) is 4.98 Å². The van der Waals surface area contributed by atoms with Crippen molar-refractivity contribution in [3.63, 3.8) is 0 Å². The molecule has 3 fully saturated rings. The van der Waals surface area contributed by atoms with Gasteiger partial charge in [0.1, 0.15) is 0 Å². The average molecular weight is 344 g/mol. The minimum absolute atomic E-state index is 0.461. The largest absolute Gasteiger partial charge is 0.405 e. The van der Waals surface area contributed by atoms with Gasteiger partial charge in [0.2, 0.25) is 0 Å². The lowest BCUT2D eigenvalue weighted by molar-refractivity contribution is 0.131. The third-order valence-corrected chi connectivity index (χ3v) is 6.03. The van der Waals surface area contributed by atoms with Gasteiger partial charge in [0.15, 0.2) is 5.82 Å². The molecule has 3 aliphatic rings. The first kappa shape index (κ1) is 16.6. The van der Waals surface area contributed by atoms with E-state index >= 15 is 0 Å². The number of hydrogen-bond donors (Lipinski definition) is 1. The fourth-order valence-corrected chi connectivity index (χ4v) is 4.71. The van der Waals surface area contributed by atoms with Crippen LogP contribution in [0, 0.1) is 12.3 Å². The van der Waals surface area contributed by atoms with Crippen LogP contribution in [0.25, 0.3) is 0 Å². The molecule has 1 unspecified atom stereocenters. The third-order valence-electron chi connectivity index (χ3n) is 6.03. The van der Waals surface area contributed by atoms with Crippen LogP contribution in [0.1, 0.15) is 37.9 Å². The molecular weight excluding hydrogens is 316 g/mol. The SMILES string of the molecule is Cc1noc(N2CC3(CCC(N4CCC(N=CC=CN)CC4)C3)C2)n1. The van der Waals surface area contributed by atoms with Crippen LogP contribution in [0.2, 0.25) is 0 Å². The van der Waals surface area contributed by atoms with Gasteiger partial charge in [0.05, 0.1) is 6.04 Å². The summed E-state index contributed by atoms with van der Waals surface area (Å²) in [5, 5.41) is 3.90. The maximum atomic E-state index is 5.34. The highest BCUT2D eigenvalue weighted by molar-refractivity contribution is 5.70. The molecule has 4 rings (SSSR count). The highest BCUT2D eigenvalue weighted by Gasteiger charge is 2.50. The number of likely N-dealkylation sites (tertiary alicyclic amines) is 1. The van der Waals surface area contributed by atoms with Gasteiger partial charge in [0.25, 0.3) is 0 Å². The van der Waals surface area contributed by atoms with Gasteiger partial charge < -0.3 is 20.1 Å². The van der Waals surface area contributed by atoms with Crippen molar-refractivity contribution >= 4 is 12.2 Å². The summed E-state index contributed by atoms with van der Waals surface area (Å²) in [4.78, 5) is 13.9. The molecule has 25 heavy (non-hydrogen) atoms. The third kappa shape index (κ3) is 3.42. The summed E-state index contributed by atoms with van der Waals surface area (Å²) in [7, 11) is 0. The number of aromatic nitrogens is 2. The molecule has 2 saturated heterocycles. The molecular formula is C18H28N6O. The van der Waals surface area contributed by atoms with Crippen LogP contribution in [0.15, 0.2) is 21.8 Å². The van der Waals surface area contributed by atoms with Crippen molar-refractivity contribution in [2.75, 3.05) is 31.1 Å². The Hall–Kier alpha value is -1.89. The zero-order valence-corrected chi connectivity index (χ0v) is 15.0. The summed E-state index contributed by atoms with van der Waals surface area (Å²) in [6.07, 6.45) is 11.4. The lowest BCUT2D eigenvalue weighted by Gasteiger charge is -2.48. The fourth-order valence-electron chi connectivity index (χ4n) is 4.71. The first-order valence-corrected chi connectivity index (χ1v) is 9.37. The maximum absolute atomic E-state index is 5.34. The molecule has 0 bridgehead atoms. The highest BCUT2D eigenvalue weighted by atomic mass is 16.5. The number of anilines is 1. The maximum Gasteiger partial charge on any atom is 0.324 e. The summed E-state index contributed by atoms with van der Waals surface area (Å²) in [6.45, 7) is 6.34. The van der Waals surface area contributed by atoms with E-state index in [1.54, 1.807) is 6.08 Å². The zero-order valence-electron chi connectivity index (χ0n) is 15.0. The molecule has 1 atom stereocenters. The molecule has 136 valence electrons. The highest BCUT2D eigenvalue weighted by Crippen LogP contribution is 2.48. The number of rotatable bonds is 4.